The van der Waals surface area contributed by atoms with E-state index < -0.39 is 11.2 Å². The maximum Gasteiger partial charge on any atom is 0.438 e. The van der Waals surface area contributed by atoms with E-state index >= 15 is 0 Å². The summed E-state index contributed by atoms with van der Waals surface area (Å²) in [6.07, 6.45) is 3.32. The molecule has 22 heavy (non-hydrogen) atoms. The Bertz CT molecular complexity index is 734. The van der Waals surface area contributed by atoms with Crippen molar-refractivity contribution in [3.8, 4) is 0 Å². The Morgan fingerprint density at radius 3 is 3.05 bits per heavy atom. The van der Waals surface area contributed by atoms with Crippen LogP contribution in [0.5, 0.6) is 0 Å². The summed E-state index contributed by atoms with van der Waals surface area (Å²) < 4.78 is 4.43. The van der Waals surface area contributed by atoms with Gasteiger partial charge in [-0.25, -0.2) is 4.79 Å². The fourth-order valence-corrected chi connectivity index (χ4v) is 3.14. The van der Waals surface area contributed by atoms with E-state index in [0.717, 1.165) is 24.8 Å². The van der Waals surface area contributed by atoms with Crippen LogP contribution in [-0.2, 0) is 23.1 Å². The second-order valence-corrected chi connectivity index (χ2v) is 5.89. The number of rotatable bonds is 4. The molecule has 3 rings (SSSR count). The summed E-state index contributed by atoms with van der Waals surface area (Å²) in [5.74, 6) is -0.112. The number of amides is 1. The molecule has 0 saturated carbocycles. The van der Waals surface area contributed by atoms with Gasteiger partial charge >= 0.3 is 5.76 Å². The van der Waals surface area contributed by atoms with Crippen molar-refractivity contribution in [2.75, 3.05) is 6.54 Å². The second kappa shape index (κ2) is 5.79. The second-order valence-electron chi connectivity index (χ2n) is 5.89. The molecule has 0 radical (unpaired) electrons. The van der Waals surface area contributed by atoms with Gasteiger partial charge in [-0.15, -0.1) is 0 Å². The van der Waals surface area contributed by atoms with Gasteiger partial charge in [0.05, 0.1) is 5.41 Å². The number of H-pyrrole nitrogens is 1. The molecular weight excluding hydrogens is 282 g/mol. The first kappa shape index (κ1) is 14.6. The number of nitrogens with zero attached hydrogens (tertiary/aromatic N) is 1. The van der Waals surface area contributed by atoms with Crippen LogP contribution in [0.4, 0.5) is 0 Å². The lowest BCUT2D eigenvalue weighted by Gasteiger charge is -2.34. The molecule has 1 aliphatic carbocycles. The van der Waals surface area contributed by atoms with Gasteiger partial charge in [-0.3, -0.25) is 14.3 Å². The van der Waals surface area contributed by atoms with Gasteiger partial charge in [-0.1, -0.05) is 29.4 Å². The predicted octanol–water partition coefficient (Wildman–Crippen LogP) is 1.32. The van der Waals surface area contributed by atoms with Gasteiger partial charge in [0.2, 0.25) is 5.91 Å². The number of benzene rings is 1. The molecule has 0 bridgehead atoms. The van der Waals surface area contributed by atoms with E-state index in [1.165, 1.54) is 5.56 Å². The van der Waals surface area contributed by atoms with Crippen molar-refractivity contribution in [1.29, 1.82) is 0 Å². The van der Waals surface area contributed by atoms with E-state index in [1.54, 1.807) is 0 Å². The maximum atomic E-state index is 12.7. The highest BCUT2D eigenvalue weighted by atomic mass is 16.5. The molecule has 1 aliphatic rings. The molecule has 116 valence electrons. The zero-order valence-electron chi connectivity index (χ0n) is 12.5. The number of hydrogen-bond donors (Lipinski definition) is 2. The van der Waals surface area contributed by atoms with Crippen LogP contribution in [0.25, 0.3) is 0 Å². The van der Waals surface area contributed by atoms with Gasteiger partial charge in [-0.05, 0) is 37.3 Å². The molecule has 1 aromatic heterocycles. The number of nitrogens with one attached hydrogen (secondary N) is 2. The number of aromatic nitrogens is 2. The SMILES string of the molecule is CC1(C(=O)NCCc2noc(=O)[nH]2)CCCc2ccccc21. The largest absolute Gasteiger partial charge is 0.438 e. The Balaban J connectivity index is 1.68. The first-order valence-corrected chi connectivity index (χ1v) is 7.51. The summed E-state index contributed by atoms with van der Waals surface area (Å²) in [4.78, 5) is 26.0. The van der Waals surface area contributed by atoms with Gasteiger partial charge in [0, 0.05) is 13.0 Å². The van der Waals surface area contributed by atoms with E-state index in [9.17, 15) is 9.59 Å². The number of aryl methyl sites for hydroxylation is 1. The van der Waals surface area contributed by atoms with Crippen molar-refractivity contribution in [1.82, 2.24) is 15.5 Å². The number of carbonyl (C=O) groups is 1. The molecular formula is C16H19N3O3. The molecule has 0 aliphatic heterocycles. The number of carbonyl (C=O) groups excluding carboxylic acids is 1. The molecule has 6 heteroatoms. The average molecular weight is 301 g/mol. The van der Waals surface area contributed by atoms with Crippen molar-refractivity contribution < 1.29 is 9.32 Å². The van der Waals surface area contributed by atoms with Crippen LogP contribution in [-0.4, -0.2) is 22.6 Å². The van der Waals surface area contributed by atoms with E-state index in [1.807, 2.05) is 25.1 Å². The van der Waals surface area contributed by atoms with Crippen LogP contribution < -0.4 is 11.1 Å². The highest BCUT2D eigenvalue weighted by Gasteiger charge is 2.38. The Kier molecular flexibility index (Phi) is 3.83. The summed E-state index contributed by atoms with van der Waals surface area (Å²) in [5, 5.41) is 6.53. The quantitative estimate of drug-likeness (QED) is 0.891. The van der Waals surface area contributed by atoms with E-state index in [0.29, 0.717) is 18.8 Å². The molecule has 0 saturated heterocycles. The van der Waals surface area contributed by atoms with Gasteiger partial charge in [-0.2, -0.15) is 0 Å². The molecule has 1 amide bonds. The normalized spacial score (nSPS) is 20.4. The van der Waals surface area contributed by atoms with Gasteiger partial charge in [0.1, 0.15) is 0 Å². The van der Waals surface area contributed by atoms with Crippen molar-refractivity contribution in [2.24, 2.45) is 0 Å². The van der Waals surface area contributed by atoms with Gasteiger partial charge < -0.3 is 5.32 Å². The molecule has 2 aromatic rings. The minimum atomic E-state index is -0.575. The third-order valence-electron chi connectivity index (χ3n) is 4.37. The third kappa shape index (κ3) is 2.68. The molecule has 1 unspecified atom stereocenters. The summed E-state index contributed by atoms with van der Waals surface area (Å²) in [6, 6.07) is 8.14. The smallest absolute Gasteiger partial charge is 0.355 e. The summed E-state index contributed by atoms with van der Waals surface area (Å²) in [6.45, 7) is 2.41. The van der Waals surface area contributed by atoms with Crippen LogP contribution in [0.1, 0.15) is 36.7 Å². The van der Waals surface area contributed by atoms with Crippen molar-refractivity contribution in [2.45, 2.75) is 38.0 Å². The Hall–Kier alpha value is -2.37. The summed E-state index contributed by atoms with van der Waals surface area (Å²) in [5.41, 5.74) is 1.88. The molecule has 6 nitrogen and oxygen atoms in total. The van der Waals surface area contributed by atoms with E-state index in [2.05, 4.69) is 26.0 Å². The van der Waals surface area contributed by atoms with Gasteiger partial charge in [0.25, 0.3) is 0 Å². The van der Waals surface area contributed by atoms with Crippen LogP contribution in [0.15, 0.2) is 33.6 Å². The highest BCUT2D eigenvalue weighted by Crippen LogP contribution is 2.37. The Morgan fingerprint density at radius 1 is 1.45 bits per heavy atom. The molecule has 0 fully saturated rings. The lowest BCUT2D eigenvalue weighted by Crippen LogP contribution is -2.45. The summed E-state index contributed by atoms with van der Waals surface area (Å²) in [7, 11) is 0. The van der Waals surface area contributed by atoms with E-state index in [-0.39, 0.29) is 5.91 Å². The Labute approximate surface area is 127 Å². The third-order valence-corrected chi connectivity index (χ3v) is 4.37. The lowest BCUT2D eigenvalue weighted by molar-refractivity contribution is -0.126. The van der Waals surface area contributed by atoms with Crippen LogP contribution in [0, 0.1) is 0 Å². The lowest BCUT2D eigenvalue weighted by atomic mass is 9.70. The summed E-state index contributed by atoms with van der Waals surface area (Å²) >= 11 is 0. The van der Waals surface area contributed by atoms with E-state index in [4.69, 9.17) is 0 Å². The minimum Gasteiger partial charge on any atom is -0.355 e. The van der Waals surface area contributed by atoms with Crippen LogP contribution >= 0.6 is 0 Å². The highest BCUT2D eigenvalue weighted by molar-refractivity contribution is 5.88. The van der Waals surface area contributed by atoms with Crippen LogP contribution in [0.3, 0.4) is 0 Å². The standard InChI is InChI=1S/C16H19N3O3/c1-16(9-4-6-11-5-2-3-7-12(11)16)14(20)17-10-8-13-18-15(21)22-19-13/h2-3,5,7H,4,6,8-10H2,1H3,(H,17,20)(H,18,19,21). The zero-order chi connectivity index (χ0) is 15.6. The number of fused-ring (bicyclic) bond motifs is 1. The maximum absolute atomic E-state index is 12.7. The number of hydrogen-bond acceptors (Lipinski definition) is 4. The average Bonchev–Trinajstić information content (AvgIpc) is 2.93. The number of aromatic amines is 1. The van der Waals surface area contributed by atoms with Crippen molar-refractivity contribution >= 4 is 5.91 Å². The zero-order valence-corrected chi connectivity index (χ0v) is 12.5. The molecule has 0 spiro atoms. The fourth-order valence-electron chi connectivity index (χ4n) is 3.14. The first-order chi connectivity index (χ1) is 10.6. The molecule has 1 heterocycles. The predicted molar refractivity (Wildman–Crippen MR) is 80.6 cm³/mol. The molecule has 1 atom stereocenters. The molecule has 1 aromatic carbocycles. The van der Waals surface area contributed by atoms with Gasteiger partial charge in [0.15, 0.2) is 5.82 Å². The van der Waals surface area contributed by atoms with Crippen molar-refractivity contribution in [3.63, 3.8) is 0 Å². The molecule has 2 N–H and O–H groups in total. The minimum absolute atomic E-state index is 0.0190. The van der Waals surface area contributed by atoms with Crippen molar-refractivity contribution in [3.05, 3.63) is 51.8 Å². The fraction of sp³-hybridized carbons (Fsp3) is 0.438. The first-order valence-electron chi connectivity index (χ1n) is 7.51. The van der Waals surface area contributed by atoms with Crippen LogP contribution in [0.2, 0.25) is 0 Å². The Morgan fingerprint density at radius 2 is 2.27 bits per heavy atom. The topological polar surface area (TPSA) is 88.0 Å². The monoisotopic (exact) mass is 301 g/mol.